The fourth-order valence-electron chi connectivity index (χ4n) is 2.24. The molecule has 0 bridgehead atoms. The van der Waals surface area contributed by atoms with Crippen LogP contribution >= 0.6 is 11.3 Å². The van der Waals surface area contributed by atoms with Gasteiger partial charge >= 0.3 is 0 Å². The lowest BCUT2D eigenvalue weighted by Gasteiger charge is -2.18. The lowest BCUT2D eigenvalue weighted by atomic mass is 10.1. The lowest BCUT2D eigenvalue weighted by Crippen LogP contribution is -2.11. The molecule has 2 nitrogen and oxygen atoms in total. The third-order valence-corrected chi connectivity index (χ3v) is 4.42. The Morgan fingerprint density at radius 3 is 2.78 bits per heavy atom. The van der Waals surface area contributed by atoms with Crippen LogP contribution < -0.4 is 5.32 Å². The number of phenolic OH excluding ortho intramolecular Hbond substituents is 1. The van der Waals surface area contributed by atoms with E-state index in [1.807, 2.05) is 30.4 Å². The first kappa shape index (κ1) is 11.6. The second kappa shape index (κ2) is 4.65. The van der Waals surface area contributed by atoms with E-state index in [9.17, 15) is 5.11 Å². The molecule has 0 amide bonds. The molecule has 0 spiro atoms. The molecule has 3 heteroatoms. The highest BCUT2D eigenvalue weighted by molar-refractivity contribution is 7.10. The molecule has 1 aromatic heterocycles. The number of thiophene rings is 1. The zero-order valence-corrected chi connectivity index (χ0v) is 11.2. The van der Waals surface area contributed by atoms with Gasteiger partial charge in [0, 0.05) is 10.6 Å². The summed E-state index contributed by atoms with van der Waals surface area (Å²) < 4.78 is 0. The van der Waals surface area contributed by atoms with Crippen LogP contribution in [0.25, 0.3) is 0 Å². The van der Waals surface area contributed by atoms with E-state index in [1.54, 1.807) is 6.07 Å². The van der Waals surface area contributed by atoms with Crippen LogP contribution in [-0.2, 0) is 0 Å². The van der Waals surface area contributed by atoms with E-state index in [2.05, 4.69) is 22.8 Å². The zero-order chi connectivity index (χ0) is 12.5. The van der Waals surface area contributed by atoms with E-state index < -0.39 is 0 Å². The van der Waals surface area contributed by atoms with Gasteiger partial charge in [-0.3, -0.25) is 0 Å². The van der Waals surface area contributed by atoms with Gasteiger partial charge < -0.3 is 10.4 Å². The number of rotatable bonds is 4. The summed E-state index contributed by atoms with van der Waals surface area (Å²) in [7, 11) is 0. The van der Waals surface area contributed by atoms with Crippen LogP contribution in [-0.4, -0.2) is 5.11 Å². The maximum absolute atomic E-state index is 9.56. The first-order chi connectivity index (χ1) is 8.74. The fourth-order valence-corrected chi connectivity index (χ4v) is 3.11. The quantitative estimate of drug-likeness (QED) is 0.801. The van der Waals surface area contributed by atoms with Crippen molar-refractivity contribution in [2.75, 3.05) is 5.32 Å². The van der Waals surface area contributed by atoms with Crippen LogP contribution in [0.5, 0.6) is 5.75 Å². The highest BCUT2D eigenvalue weighted by Gasteiger charge is 2.32. The normalized spacial score (nSPS) is 16.5. The van der Waals surface area contributed by atoms with Gasteiger partial charge in [-0.2, -0.15) is 0 Å². The smallest absolute Gasteiger partial charge is 0.118 e. The Kier molecular flexibility index (Phi) is 3.00. The third kappa shape index (κ3) is 2.36. The van der Waals surface area contributed by atoms with Crippen molar-refractivity contribution in [1.82, 2.24) is 0 Å². The SMILES string of the molecule is Cc1cc(NC(c2cccs2)C2CC2)ccc1O. The predicted molar refractivity (Wildman–Crippen MR) is 76.3 cm³/mol. The molecule has 1 unspecified atom stereocenters. The molecule has 3 rings (SSSR count). The predicted octanol–water partition coefficient (Wildman–Crippen LogP) is 4.33. The lowest BCUT2D eigenvalue weighted by molar-refractivity contribution is 0.471. The number of nitrogens with one attached hydrogen (secondary N) is 1. The molecule has 1 aliphatic rings. The summed E-state index contributed by atoms with van der Waals surface area (Å²) in [4.78, 5) is 1.41. The molecule has 2 aromatic rings. The van der Waals surface area contributed by atoms with Crippen molar-refractivity contribution in [1.29, 1.82) is 0 Å². The Hall–Kier alpha value is -1.48. The maximum atomic E-state index is 9.56. The van der Waals surface area contributed by atoms with E-state index in [-0.39, 0.29) is 0 Å². The molecule has 18 heavy (non-hydrogen) atoms. The van der Waals surface area contributed by atoms with Crippen molar-refractivity contribution in [3.05, 3.63) is 46.2 Å². The summed E-state index contributed by atoms with van der Waals surface area (Å²) in [5.74, 6) is 1.12. The number of anilines is 1. The molecule has 0 aliphatic heterocycles. The van der Waals surface area contributed by atoms with Gasteiger partial charge in [-0.05, 0) is 60.9 Å². The average Bonchev–Trinajstić information content (AvgIpc) is 3.05. The van der Waals surface area contributed by atoms with Gasteiger partial charge in [0.25, 0.3) is 0 Å². The monoisotopic (exact) mass is 259 g/mol. The van der Waals surface area contributed by atoms with Crippen LogP contribution in [0.3, 0.4) is 0 Å². The minimum absolute atomic E-state index is 0.361. The number of phenols is 1. The third-order valence-electron chi connectivity index (χ3n) is 3.46. The molecule has 0 saturated heterocycles. The van der Waals surface area contributed by atoms with Crippen molar-refractivity contribution in [3.63, 3.8) is 0 Å². The minimum Gasteiger partial charge on any atom is -0.508 e. The van der Waals surface area contributed by atoms with Crippen molar-refractivity contribution in [3.8, 4) is 5.75 Å². The van der Waals surface area contributed by atoms with Crippen LogP contribution in [0.1, 0.15) is 29.3 Å². The average molecular weight is 259 g/mol. The second-order valence-corrected chi connectivity index (χ2v) is 5.96. The minimum atomic E-state index is 0.361. The molecule has 1 atom stereocenters. The molecule has 0 radical (unpaired) electrons. The molecule has 1 aliphatic carbocycles. The molecule has 1 saturated carbocycles. The molecular weight excluding hydrogens is 242 g/mol. The largest absolute Gasteiger partial charge is 0.508 e. The van der Waals surface area contributed by atoms with E-state index in [1.165, 1.54) is 17.7 Å². The Labute approximate surface area is 111 Å². The van der Waals surface area contributed by atoms with Crippen molar-refractivity contribution >= 4 is 17.0 Å². The molecule has 1 fully saturated rings. The number of hydrogen-bond donors (Lipinski definition) is 2. The van der Waals surface area contributed by atoms with E-state index in [0.29, 0.717) is 11.8 Å². The van der Waals surface area contributed by atoms with Crippen molar-refractivity contribution in [2.45, 2.75) is 25.8 Å². The van der Waals surface area contributed by atoms with E-state index in [0.717, 1.165) is 17.2 Å². The number of hydrogen-bond acceptors (Lipinski definition) is 3. The summed E-state index contributed by atoms with van der Waals surface area (Å²) in [5.41, 5.74) is 2.01. The molecule has 1 heterocycles. The van der Waals surface area contributed by atoms with Crippen molar-refractivity contribution < 1.29 is 5.11 Å². The van der Waals surface area contributed by atoms with Gasteiger partial charge in [-0.15, -0.1) is 11.3 Å². The second-order valence-electron chi connectivity index (χ2n) is 4.98. The molecule has 1 aromatic carbocycles. The molecule has 2 N–H and O–H groups in total. The highest BCUT2D eigenvalue weighted by atomic mass is 32.1. The summed E-state index contributed by atoms with van der Waals surface area (Å²) in [6, 6.07) is 10.5. The van der Waals surface area contributed by atoms with Crippen LogP contribution in [0.2, 0.25) is 0 Å². The fraction of sp³-hybridized carbons (Fsp3) is 0.333. The van der Waals surface area contributed by atoms with Gasteiger partial charge in [0.15, 0.2) is 0 Å². The van der Waals surface area contributed by atoms with E-state index in [4.69, 9.17) is 0 Å². The Morgan fingerprint density at radius 1 is 1.33 bits per heavy atom. The van der Waals surface area contributed by atoms with Gasteiger partial charge in [0.1, 0.15) is 5.75 Å². The van der Waals surface area contributed by atoms with Crippen molar-refractivity contribution in [2.24, 2.45) is 5.92 Å². The topological polar surface area (TPSA) is 32.3 Å². The summed E-state index contributed by atoms with van der Waals surface area (Å²) in [6.45, 7) is 1.93. The molecular formula is C15H17NOS. The Morgan fingerprint density at radius 2 is 2.17 bits per heavy atom. The standard InChI is InChI=1S/C15H17NOS/c1-10-9-12(6-7-13(10)17)16-15(11-4-5-11)14-3-2-8-18-14/h2-3,6-9,11,15-17H,4-5H2,1H3. The van der Waals surface area contributed by atoms with Crippen LogP contribution in [0.4, 0.5) is 5.69 Å². The maximum Gasteiger partial charge on any atom is 0.118 e. The van der Waals surface area contributed by atoms with Gasteiger partial charge in [-0.25, -0.2) is 0 Å². The Balaban J connectivity index is 1.82. The zero-order valence-electron chi connectivity index (χ0n) is 10.4. The van der Waals surface area contributed by atoms with Crippen LogP contribution in [0, 0.1) is 12.8 Å². The number of aromatic hydroxyl groups is 1. The summed E-state index contributed by atoms with van der Waals surface area (Å²) in [5, 5.41) is 15.3. The van der Waals surface area contributed by atoms with Crippen LogP contribution in [0.15, 0.2) is 35.7 Å². The van der Waals surface area contributed by atoms with Gasteiger partial charge in [0.2, 0.25) is 0 Å². The molecule has 94 valence electrons. The summed E-state index contributed by atoms with van der Waals surface area (Å²) in [6.07, 6.45) is 2.62. The highest BCUT2D eigenvalue weighted by Crippen LogP contribution is 2.44. The Bertz CT molecular complexity index is 531. The first-order valence-electron chi connectivity index (χ1n) is 6.33. The summed E-state index contributed by atoms with van der Waals surface area (Å²) >= 11 is 1.81. The first-order valence-corrected chi connectivity index (χ1v) is 7.21. The van der Waals surface area contributed by atoms with E-state index >= 15 is 0 Å². The number of benzene rings is 1. The number of aryl methyl sites for hydroxylation is 1. The van der Waals surface area contributed by atoms with Gasteiger partial charge in [0.05, 0.1) is 6.04 Å². The van der Waals surface area contributed by atoms with Gasteiger partial charge in [-0.1, -0.05) is 6.07 Å².